The van der Waals surface area contributed by atoms with E-state index in [1.54, 1.807) is 25.1 Å². The summed E-state index contributed by atoms with van der Waals surface area (Å²) in [6, 6.07) is 12.3. The summed E-state index contributed by atoms with van der Waals surface area (Å²) in [5.41, 5.74) is 3.16. The van der Waals surface area contributed by atoms with Gasteiger partial charge in [-0.15, -0.1) is 0 Å². The number of aliphatic imine (C=N–C) groups is 1. The van der Waals surface area contributed by atoms with Crippen molar-refractivity contribution in [1.29, 1.82) is 0 Å². The lowest BCUT2D eigenvalue weighted by Crippen LogP contribution is -2.45. The van der Waals surface area contributed by atoms with Gasteiger partial charge in [-0.1, -0.05) is 41.9 Å². The maximum absolute atomic E-state index is 13.1. The minimum Gasteiger partial charge on any atom is -0.489 e. The number of fused-ring (bicyclic) bond motifs is 1. The van der Waals surface area contributed by atoms with Crippen LogP contribution in [0.2, 0.25) is 5.02 Å². The third-order valence-corrected chi connectivity index (χ3v) is 6.89. The fraction of sp³-hybridized carbons (Fsp3) is 0.367. The molecule has 2 aliphatic heterocycles. The number of amides is 2. The van der Waals surface area contributed by atoms with Gasteiger partial charge in [0.1, 0.15) is 18.2 Å². The van der Waals surface area contributed by atoms with Crippen molar-refractivity contribution in [2.45, 2.75) is 51.5 Å². The minimum absolute atomic E-state index is 0.0544. The molecule has 2 aromatic carbocycles. The van der Waals surface area contributed by atoms with Crippen LogP contribution in [-0.4, -0.2) is 70.7 Å². The van der Waals surface area contributed by atoms with Crippen molar-refractivity contribution in [3.8, 4) is 5.75 Å². The average Bonchev–Trinajstić information content (AvgIpc) is 3.37. The SMILES string of the molecule is CC(C)Oc1ccc(C(=O)N[C@H](CNC(=O)CO)Cc2ccc(C3CN4C=CC=C(C(C)O)C4=N3)cc2)cc1Cl. The highest BCUT2D eigenvalue weighted by atomic mass is 35.5. The Bertz CT molecular complexity index is 1320. The summed E-state index contributed by atoms with van der Waals surface area (Å²) in [5.74, 6) is 0.422. The first kappa shape index (κ1) is 29.3. The molecule has 0 saturated heterocycles. The molecule has 10 heteroatoms. The molecule has 0 spiro atoms. The van der Waals surface area contributed by atoms with Crippen LogP contribution >= 0.6 is 11.6 Å². The lowest BCUT2D eigenvalue weighted by atomic mass is 10.0. The Morgan fingerprint density at radius 2 is 1.93 bits per heavy atom. The fourth-order valence-electron chi connectivity index (χ4n) is 4.63. The van der Waals surface area contributed by atoms with E-state index in [4.69, 9.17) is 26.4 Å². The van der Waals surface area contributed by atoms with E-state index in [0.717, 1.165) is 22.5 Å². The Balaban J connectivity index is 1.45. The van der Waals surface area contributed by atoms with E-state index in [-0.39, 0.29) is 24.6 Å². The van der Waals surface area contributed by atoms with Crippen LogP contribution in [-0.2, 0) is 11.2 Å². The van der Waals surface area contributed by atoms with E-state index in [1.807, 2.05) is 61.4 Å². The van der Waals surface area contributed by atoms with Crippen LogP contribution < -0.4 is 15.4 Å². The first-order valence-electron chi connectivity index (χ1n) is 13.3. The zero-order chi connectivity index (χ0) is 28.8. The van der Waals surface area contributed by atoms with Gasteiger partial charge in [0.2, 0.25) is 5.91 Å². The first-order chi connectivity index (χ1) is 19.1. The standard InChI is InChI=1S/C30H35ClN4O5/c1-18(2)40-27-11-10-22(14-25(27)31)30(39)33-23(15-32-28(38)17-36)13-20-6-8-21(9-7-20)26-16-35-12-4-5-24(19(3)37)29(35)34-26/h4-12,14,18-19,23,26,36-37H,13,15-17H2,1-3H3,(H,32,38)(H,33,39)/t19?,23-,26?/m0/s1. The first-order valence-corrected chi connectivity index (χ1v) is 13.7. The molecule has 4 rings (SSSR count). The molecule has 0 aromatic heterocycles. The Morgan fingerprint density at radius 1 is 1.18 bits per heavy atom. The Kier molecular flexibility index (Phi) is 9.63. The summed E-state index contributed by atoms with van der Waals surface area (Å²) in [7, 11) is 0. The number of amidine groups is 1. The second-order valence-electron chi connectivity index (χ2n) is 10.2. The molecule has 212 valence electrons. The number of carbonyl (C=O) groups is 2. The second-order valence-corrected chi connectivity index (χ2v) is 10.6. The monoisotopic (exact) mass is 566 g/mol. The maximum atomic E-state index is 13.1. The van der Waals surface area contributed by atoms with Crippen LogP contribution in [0.15, 0.2) is 71.4 Å². The van der Waals surface area contributed by atoms with Gasteiger partial charge < -0.3 is 30.5 Å². The number of allylic oxidation sites excluding steroid dienone is 2. The van der Waals surface area contributed by atoms with Gasteiger partial charge in [-0.25, -0.2) is 0 Å². The molecule has 2 unspecified atom stereocenters. The smallest absolute Gasteiger partial charge is 0.251 e. The van der Waals surface area contributed by atoms with Crippen molar-refractivity contribution >= 4 is 29.3 Å². The molecular formula is C30H35ClN4O5. The Morgan fingerprint density at radius 3 is 2.58 bits per heavy atom. The highest BCUT2D eigenvalue weighted by Gasteiger charge is 2.30. The van der Waals surface area contributed by atoms with Crippen molar-refractivity contribution in [1.82, 2.24) is 15.5 Å². The number of aliphatic hydroxyl groups is 2. The molecule has 0 fully saturated rings. The topological polar surface area (TPSA) is 123 Å². The zero-order valence-electron chi connectivity index (χ0n) is 22.8. The summed E-state index contributed by atoms with van der Waals surface area (Å²) in [5, 5.41) is 25.2. The summed E-state index contributed by atoms with van der Waals surface area (Å²) in [6.45, 7) is 5.71. The third-order valence-electron chi connectivity index (χ3n) is 6.60. The summed E-state index contributed by atoms with van der Waals surface area (Å²) in [4.78, 5) is 31.7. The van der Waals surface area contributed by atoms with E-state index in [9.17, 15) is 14.7 Å². The number of halogens is 1. The number of aliphatic hydroxyl groups excluding tert-OH is 2. The summed E-state index contributed by atoms with van der Waals surface area (Å²) >= 11 is 6.32. The number of ether oxygens (including phenoxy) is 1. The van der Waals surface area contributed by atoms with Gasteiger partial charge in [0.05, 0.1) is 35.9 Å². The van der Waals surface area contributed by atoms with Gasteiger partial charge >= 0.3 is 0 Å². The number of benzene rings is 2. The van der Waals surface area contributed by atoms with Gasteiger partial charge in [-0.2, -0.15) is 0 Å². The van der Waals surface area contributed by atoms with Gasteiger partial charge in [0.25, 0.3) is 5.91 Å². The van der Waals surface area contributed by atoms with Crippen molar-refractivity contribution in [3.05, 3.63) is 88.1 Å². The predicted molar refractivity (Wildman–Crippen MR) is 154 cm³/mol. The molecule has 2 aromatic rings. The molecule has 0 radical (unpaired) electrons. The van der Waals surface area contributed by atoms with E-state index in [2.05, 4.69) is 10.6 Å². The zero-order valence-corrected chi connectivity index (χ0v) is 23.6. The molecule has 4 N–H and O–H groups in total. The lowest BCUT2D eigenvalue weighted by Gasteiger charge is -2.22. The molecule has 2 heterocycles. The number of nitrogens with one attached hydrogen (secondary N) is 2. The molecule has 40 heavy (non-hydrogen) atoms. The molecule has 3 atom stereocenters. The molecule has 0 bridgehead atoms. The molecule has 2 amide bonds. The third kappa shape index (κ3) is 7.29. The van der Waals surface area contributed by atoms with E-state index in [1.165, 1.54) is 0 Å². The average molecular weight is 567 g/mol. The molecular weight excluding hydrogens is 532 g/mol. The largest absolute Gasteiger partial charge is 0.489 e. The van der Waals surface area contributed by atoms with Gasteiger partial charge in [-0.05, 0) is 62.6 Å². The maximum Gasteiger partial charge on any atom is 0.251 e. The number of rotatable bonds is 11. The number of hydrogen-bond donors (Lipinski definition) is 4. The Hall–Kier alpha value is -3.66. The van der Waals surface area contributed by atoms with E-state index < -0.39 is 24.7 Å². The van der Waals surface area contributed by atoms with Crippen molar-refractivity contribution in [2.24, 2.45) is 4.99 Å². The molecule has 9 nitrogen and oxygen atoms in total. The molecule has 0 saturated carbocycles. The summed E-state index contributed by atoms with van der Waals surface area (Å²) in [6.07, 6.45) is 5.55. The number of nitrogens with zero attached hydrogens (tertiary/aromatic N) is 2. The van der Waals surface area contributed by atoms with Crippen LogP contribution in [0.1, 0.15) is 48.3 Å². The quantitative estimate of drug-likeness (QED) is 0.331. The van der Waals surface area contributed by atoms with Gasteiger partial charge in [-0.3, -0.25) is 14.6 Å². The fourth-order valence-corrected chi connectivity index (χ4v) is 4.85. The normalized spacial score (nSPS) is 17.6. The lowest BCUT2D eigenvalue weighted by molar-refractivity contribution is -0.123. The second kappa shape index (κ2) is 13.1. The van der Waals surface area contributed by atoms with Crippen LogP contribution in [0.3, 0.4) is 0 Å². The minimum atomic E-state index is -0.635. The van der Waals surface area contributed by atoms with Crippen molar-refractivity contribution in [3.63, 3.8) is 0 Å². The van der Waals surface area contributed by atoms with Crippen LogP contribution in [0.4, 0.5) is 0 Å². The van der Waals surface area contributed by atoms with Crippen LogP contribution in [0.5, 0.6) is 5.75 Å². The van der Waals surface area contributed by atoms with E-state index in [0.29, 0.717) is 29.3 Å². The number of carbonyl (C=O) groups excluding carboxylic acids is 2. The summed E-state index contributed by atoms with van der Waals surface area (Å²) < 4.78 is 5.64. The van der Waals surface area contributed by atoms with E-state index >= 15 is 0 Å². The predicted octanol–water partition coefficient (Wildman–Crippen LogP) is 3.17. The number of hydrogen-bond acceptors (Lipinski definition) is 7. The molecule has 0 aliphatic carbocycles. The van der Waals surface area contributed by atoms with Crippen LogP contribution in [0.25, 0.3) is 0 Å². The Labute approximate surface area is 239 Å². The van der Waals surface area contributed by atoms with Crippen molar-refractivity contribution < 1.29 is 24.5 Å². The van der Waals surface area contributed by atoms with Gasteiger partial charge in [0.15, 0.2) is 0 Å². The van der Waals surface area contributed by atoms with Crippen molar-refractivity contribution in [2.75, 3.05) is 19.7 Å². The highest BCUT2D eigenvalue weighted by molar-refractivity contribution is 6.32. The highest BCUT2D eigenvalue weighted by Crippen LogP contribution is 2.30. The van der Waals surface area contributed by atoms with Crippen LogP contribution in [0, 0.1) is 0 Å². The molecule has 2 aliphatic rings. The van der Waals surface area contributed by atoms with Gasteiger partial charge in [0, 0.05) is 23.9 Å².